The summed E-state index contributed by atoms with van der Waals surface area (Å²) in [5, 5.41) is -0.247. The summed E-state index contributed by atoms with van der Waals surface area (Å²) in [7, 11) is -1.93. The van der Waals surface area contributed by atoms with Crippen molar-refractivity contribution in [1.82, 2.24) is 18.6 Å². The van der Waals surface area contributed by atoms with Crippen molar-refractivity contribution in [2.45, 2.75) is 42.8 Å². The molecule has 0 aromatic carbocycles. The Bertz CT molecular complexity index is 1050. The Morgan fingerprint density at radius 3 is 2.53 bits per heavy atom. The van der Waals surface area contributed by atoms with E-state index < -0.39 is 22.7 Å². The second-order valence-electron chi connectivity index (χ2n) is 8.26. The van der Waals surface area contributed by atoms with Gasteiger partial charge in [-0.05, 0) is 49.1 Å². The molecular formula is C19H20ClF3N4O2S. The minimum absolute atomic E-state index is 0.0665. The summed E-state index contributed by atoms with van der Waals surface area (Å²) < 4.78 is 56.6. The zero-order valence-electron chi connectivity index (χ0n) is 16.0. The highest BCUT2D eigenvalue weighted by atomic mass is 35.5. The van der Waals surface area contributed by atoms with Gasteiger partial charge in [0.2, 0.25) is 5.91 Å². The van der Waals surface area contributed by atoms with Gasteiger partial charge in [0, 0.05) is 25.8 Å². The maximum Gasteiger partial charge on any atom is 0.419 e. The Morgan fingerprint density at radius 1 is 1.20 bits per heavy atom. The number of pyridine rings is 1. The number of carbonyl (C=O) groups is 1. The van der Waals surface area contributed by atoms with E-state index in [0.29, 0.717) is 31.1 Å². The molecule has 3 fully saturated rings. The van der Waals surface area contributed by atoms with Crippen molar-refractivity contribution in [2.75, 3.05) is 26.2 Å². The van der Waals surface area contributed by atoms with Gasteiger partial charge in [0.05, 0.1) is 12.1 Å². The molecule has 1 amide bonds. The first-order valence-electron chi connectivity index (χ1n) is 9.95. The van der Waals surface area contributed by atoms with Gasteiger partial charge in [0.1, 0.15) is 11.0 Å². The molecule has 3 heterocycles. The van der Waals surface area contributed by atoms with E-state index >= 15 is 0 Å². The molecule has 2 saturated carbocycles. The molecule has 11 heteroatoms. The number of hydrogen-bond acceptors (Lipinski definition) is 3. The van der Waals surface area contributed by atoms with Crippen molar-refractivity contribution in [1.29, 1.82) is 0 Å². The first-order chi connectivity index (χ1) is 14.2. The highest BCUT2D eigenvalue weighted by Gasteiger charge is 2.39. The van der Waals surface area contributed by atoms with E-state index in [1.807, 2.05) is 0 Å². The summed E-state index contributed by atoms with van der Waals surface area (Å²) in [4.78, 5) is 18.2. The Kier molecular flexibility index (Phi) is 4.86. The van der Waals surface area contributed by atoms with Crippen LogP contribution in [0, 0.1) is 5.92 Å². The summed E-state index contributed by atoms with van der Waals surface area (Å²) in [5.74, 6) is 0.508. The van der Waals surface area contributed by atoms with Crippen LogP contribution in [-0.2, 0) is 22.0 Å². The van der Waals surface area contributed by atoms with Crippen LogP contribution in [0.3, 0.4) is 0 Å². The van der Waals surface area contributed by atoms with E-state index in [1.54, 1.807) is 11.1 Å². The molecule has 1 aliphatic heterocycles. The lowest BCUT2D eigenvalue weighted by Gasteiger charge is -2.33. The lowest BCUT2D eigenvalue weighted by molar-refractivity contribution is -0.136. The summed E-state index contributed by atoms with van der Waals surface area (Å²) in [6, 6.07) is 1.11. The smallest absolute Gasteiger partial charge is 0.340 e. The number of carbonyl (C=O) groups excluding carboxylic acids is 1. The summed E-state index contributed by atoms with van der Waals surface area (Å²) in [6.45, 7) is 1.44. The number of piperazine rings is 1. The number of hydrogen-bond donors (Lipinski definition) is 0. The third-order valence-corrected chi connectivity index (χ3v) is 7.74. The lowest BCUT2D eigenvalue weighted by Crippen LogP contribution is -2.51. The largest absolute Gasteiger partial charge is 0.419 e. The molecule has 0 bridgehead atoms. The quantitative estimate of drug-likeness (QED) is 0.686. The molecule has 0 spiro atoms. The van der Waals surface area contributed by atoms with Crippen molar-refractivity contribution in [3.8, 4) is 0 Å². The normalized spacial score (nSPS) is 22.1. The predicted molar refractivity (Wildman–Crippen MR) is 104 cm³/mol. The van der Waals surface area contributed by atoms with Crippen LogP contribution in [0.4, 0.5) is 13.2 Å². The summed E-state index contributed by atoms with van der Waals surface area (Å²) >= 11 is 6.35. The maximum absolute atomic E-state index is 13.6. The molecule has 6 nitrogen and oxygen atoms in total. The van der Waals surface area contributed by atoms with Gasteiger partial charge in [-0.15, -0.1) is 0 Å². The minimum Gasteiger partial charge on any atom is -0.340 e. The third kappa shape index (κ3) is 3.73. The standard InChI is InChI=1S/C19H20ClF3N4O2S/c20-16-18(30(29)26-6-5-25(15(28)10-26)8-11-1-2-11)24-17-14(19(21,22)23)7-13(9-27(16)17)12-3-4-12/h7,9,11-12H,1-6,8,10H2. The van der Waals surface area contributed by atoms with Crippen LogP contribution in [0.2, 0.25) is 5.15 Å². The van der Waals surface area contributed by atoms with Gasteiger partial charge in [0.25, 0.3) is 0 Å². The van der Waals surface area contributed by atoms with Crippen molar-refractivity contribution in [3.05, 3.63) is 28.5 Å². The molecule has 1 atom stereocenters. The van der Waals surface area contributed by atoms with Gasteiger partial charge in [-0.3, -0.25) is 9.20 Å². The number of fused-ring (bicyclic) bond motifs is 1. The molecular weight excluding hydrogens is 441 g/mol. The van der Waals surface area contributed by atoms with Crippen LogP contribution in [0.15, 0.2) is 17.3 Å². The monoisotopic (exact) mass is 460 g/mol. The SMILES string of the molecule is O=C1CN(S(=O)c2nc3c(C(F)(F)F)cc(C4CC4)cn3c2Cl)CCN1CC1CC1. The molecule has 2 aromatic heterocycles. The van der Waals surface area contributed by atoms with E-state index in [9.17, 15) is 22.2 Å². The molecule has 30 heavy (non-hydrogen) atoms. The average molecular weight is 461 g/mol. The van der Waals surface area contributed by atoms with E-state index in [-0.39, 0.29) is 34.2 Å². The Morgan fingerprint density at radius 2 is 1.93 bits per heavy atom. The Hall–Kier alpha value is -1.65. The molecule has 3 aliphatic rings. The summed E-state index contributed by atoms with van der Waals surface area (Å²) in [5.41, 5.74) is -0.698. The van der Waals surface area contributed by atoms with Crippen molar-refractivity contribution < 1.29 is 22.2 Å². The third-order valence-electron chi connectivity index (χ3n) is 5.87. The molecule has 162 valence electrons. The van der Waals surface area contributed by atoms with Crippen molar-refractivity contribution in [2.24, 2.45) is 5.92 Å². The number of amides is 1. The van der Waals surface area contributed by atoms with Crippen LogP contribution >= 0.6 is 11.6 Å². The zero-order valence-corrected chi connectivity index (χ0v) is 17.6. The molecule has 0 N–H and O–H groups in total. The number of nitrogens with zero attached hydrogens (tertiary/aromatic N) is 4. The molecule has 5 rings (SSSR count). The average Bonchev–Trinajstić information content (AvgIpc) is 3.60. The molecule has 2 aromatic rings. The fourth-order valence-electron chi connectivity index (χ4n) is 3.83. The lowest BCUT2D eigenvalue weighted by atomic mass is 10.1. The molecule has 1 saturated heterocycles. The van der Waals surface area contributed by atoms with E-state index in [1.165, 1.54) is 8.71 Å². The number of alkyl halides is 3. The molecule has 0 radical (unpaired) electrons. The van der Waals surface area contributed by atoms with Gasteiger partial charge in [-0.1, -0.05) is 11.6 Å². The Balaban J connectivity index is 1.46. The van der Waals surface area contributed by atoms with Gasteiger partial charge < -0.3 is 4.90 Å². The van der Waals surface area contributed by atoms with Gasteiger partial charge in [-0.2, -0.15) is 13.2 Å². The second kappa shape index (κ2) is 7.20. The second-order valence-corrected chi connectivity index (χ2v) is 10.0. The molecule has 1 unspecified atom stereocenters. The van der Waals surface area contributed by atoms with E-state index in [2.05, 4.69) is 4.98 Å². The van der Waals surface area contributed by atoms with Crippen LogP contribution in [0.1, 0.15) is 42.7 Å². The summed E-state index contributed by atoms with van der Waals surface area (Å²) in [6.07, 6.45) is 0.866. The van der Waals surface area contributed by atoms with E-state index in [4.69, 9.17) is 11.6 Å². The molecule has 2 aliphatic carbocycles. The predicted octanol–water partition coefficient (Wildman–Crippen LogP) is 3.46. The maximum atomic E-state index is 13.6. The number of rotatable bonds is 5. The fourth-order valence-corrected chi connectivity index (χ4v) is 5.33. The highest BCUT2D eigenvalue weighted by Crippen LogP contribution is 2.43. The zero-order chi connectivity index (χ0) is 21.2. The van der Waals surface area contributed by atoms with Crippen molar-refractivity contribution in [3.63, 3.8) is 0 Å². The topological polar surface area (TPSA) is 57.9 Å². The van der Waals surface area contributed by atoms with Crippen LogP contribution in [-0.4, -0.2) is 54.9 Å². The van der Waals surface area contributed by atoms with Crippen molar-refractivity contribution >= 4 is 34.1 Å². The van der Waals surface area contributed by atoms with Crippen LogP contribution in [0.25, 0.3) is 5.65 Å². The van der Waals surface area contributed by atoms with Gasteiger partial charge in [0.15, 0.2) is 15.8 Å². The number of halogens is 4. The first-order valence-corrected chi connectivity index (χ1v) is 11.4. The number of aromatic nitrogens is 2. The van der Waals surface area contributed by atoms with Gasteiger partial charge >= 0.3 is 6.18 Å². The van der Waals surface area contributed by atoms with Crippen LogP contribution in [0.5, 0.6) is 0 Å². The van der Waals surface area contributed by atoms with E-state index in [0.717, 1.165) is 31.7 Å². The fraction of sp³-hybridized carbons (Fsp3) is 0.579. The van der Waals surface area contributed by atoms with Gasteiger partial charge in [-0.25, -0.2) is 13.5 Å². The highest BCUT2D eigenvalue weighted by molar-refractivity contribution is 7.82. The van der Waals surface area contributed by atoms with Crippen LogP contribution < -0.4 is 0 Å². The number of imidazole rings is 1. The Labute approximate surface area is 178 Å². The first kappa shape index (κ1) is 20.3. The minimum atomic E-state index is -4.61.